The average Bonchev–Trinajstić information content (AvgIpc) is 3.04. The van der Waals surface area contributed by atoms with Crippen LogP contribution in [0.3, 0.4) is 0 Å². The van der Waals surface area contributed by atoms with Gasteiger partial charge in [-0.15, -0.1) is 0 Å². The van der Waals surface area contributed by atoms with Gasteiger partial charge in [0.15, 0.2) is 0 Å². The Kier molecular flexibility index (Phi) is 7.31. The first-order chi connectivity index (χ1) is 21.3. The van der Waals surface area contributed by atoms with Gasteiger partial charge in [0.05, 0.1) is 22.5 Å². The van der Waals surface area contributed by atoms with Crippen molar-refractivity contribution in [3.8, 4) is 11.1 Å². The smallest absolute Gasteiger partial charge is 0.337 e. The molecule has 2 amide bonds. The minimum Gasteiger partial charge on any atom is -0.478 e. The predicted octanol–water partition coefficient (Wildman–Crippen LogP) is 7.56. The van der Waals surface area contributed by atoms with Crippen LogP contribution in [0.25, 0.3) is 32.7 Å². The number of hydrogen-bond acceptors (Lipinski definition) is 4. The third-order valence-corrected chi connectivity index (χ3v) is 7.40. The van der Waals surface area contributed by atoms with Crippen LogP contribution in [-0.2, 0) is 0 Å². The lowest BCUT2D eigenvalue weighted by Gasteiger charge is -2.14. The number of hydrogen-bond donors (Lipinski definition) is 4. The van der Waals surface area contributed by atoms with Crippen LogP contribution in [0.15, 0.2) is 121 Å². The zero-order valence-corrected chi connectivity index (χ0v) is 23.1. The zero-order valence-electron chi connectivity index (χ0n) is 23.1. The van der Waals surface area contributed by atoms with Crippen LogP contribution in [0.4, 0.5) is 11.4 Å². The van der Waals surface area contributed by atoms with Crippen LogP contribution < -0.4 is 10.6 Å². The van der Waals surface area contributed by atoms with Crippen LogP contribution in [-0.4, -0.2) is 34.0 Å². The van der Waals surface area contributed by atoms with Gasteiger partial charge in [0.1, 0.15) is 0 Å². The van der Waals surface area contributed by atoms with E-state index in [2.05, 4.69) is 10.6 Å². The van der Waals surface area contributed by atoms with Gasteiger partial charge in [0.2, 0.25) is 0 Å². The SMILES string of the molecule is O=C(O)c1cc(-c2ccc(NC(=O)c3cccc4ccccc34)c(C(=O)O)c2)ccc1NC(=O)c1cccc2ccccc12. The lowest BCUT2D eigenvalue weighted by molar-refractivity contribution is 0.0686. The van der Waals surface area contributed by atoms with Crippen molar-refractivity contribution in [2.24, 2.45) is 0 Å². The summed E-state index contributed by atoms with van der Waals surface area (Å²) in [6, 6.07) is 34.3. The number of fused-ring (bicyclic) bond motifs is 2. The molecule has 0 spiro atoms. The molecule has 8 nitrogen and oxygen atoms in total. The Morgan fingerprint density at radius 2 is 0.818 bits per heavy atom. The summed E-state index contributed by atoms with van der Waals surface area (Å²) in [7, 11) is 0. The van der Waals surface area contributed by atoms with Crippen molar-refractivity contribution >= 4 is 56.7 Å². The summed E-state index contributed by atoms with van der Waals surface area (Å²) in [6.45, 7) is 0. The van der Waals surface area contributed by atoms with Gasteiger partial charge >= 0.3 is 11.9 Å². The quantitative estimate of drug-likeness (QED) is 0.154. The number of anilines is 2. The van der Waals surface area contributed by atoms with Gasteiger partial charge < -0.3 is 20.8 Å². The normalized spacial score (nSPS) is 10.8. The van der Waals surface area contributed by atoms with E-state index in [9.17, 15) is 29.4 Å². The summed E-state index contributed by atoms with van der Waals surface area (Å²) in [4.78, 5) is 50.8. The summed E-state index contributed by atoms with van der Waals surface area (Å²) >= 11 is 0. The van der Waals surface area contributed by atoms with Crippen molar-refractivity contribution in [2.75, 3.05) is 10.6 Å². The number of carboxylic acid groups (broad SMARTS) is 2. The first-order valence-corrected chi connectivity index (χ1v) is 13.6. The van der Waals surface area contributed by atoms with E-state index >= 15 is 0 Å². The molecule has 0 heterocycles. The number of carbonyl (C=O) groups is 4. The van der Waals surface area contributed by atoms with Gasteiger partial charge in [-0.25, -0.2) is 9.59 Å². The lowest BCUT2D eigenvalue weighted by Crippen LogP contribution is -2.15. The first kappa shape index (κ1) is 27.9. The number of carboxylic acids is 2. The van der Waals surface area contributed by atoms with E-state index in [1.54, 1.807) is 36.4 Å². The second-order valence-electron chi connectivity index (χ2n) is 10.1. The van der Waals surface area contributed by atoms with Crippen LogP contribution in [0.5, 0.6) is 0 Å². The van der Waals surface area contributed by atoms with Crippen molar-refractivity contribution < 1.29 is 29.4 Å². The van der Waals surface area contributed by atoms with E-state index in [0.29, 0.717) is 22.3 Å². The Morgan fingerprint density at radius 3 is 1.23 bits per heavy atom. The second kappa shape index (κ2) is 11.5. The molecule has 0 unspecified atom stereocenters. The van der Waals surface area contributed by atoms with Gasteiger partial charge in [-0.05, 0) is 69.1 Å². The van der Waals surface area contributed by atoms with Crippen molar-refractivity contribution in [3.05, 3.63) is 144 Å². The molecule has 4 N–H and O–H groups in total. The molecule has 0 bridgehead atoms. The summed E-state index contributed by atoms with van der Waals surface area (Å²) in [6.07, 6.45) is 0. The number of rotatable bonds is 7. The summed E-state index contributed by atoms with van der Waals surface area (Å²) < 4.78 is 0. The Labute approximate surface area is 251 Å². The highest BCUT2D eigenvalue weighted by Gasteiger charge is 2.19. The molecule has 0 fully saturated rings. The number of aromatic carboxylic acids is 2. The maximum atomic E-state index is 13.2. The van der Waals surface area contributed by atoms with Crippen LogP contribution in [0.2, 0.25) is 0 Å². The molecular formula is C36H24N2O6. The van der Waals surface area contributed by atoms with Crippen molar-refractivity contribution in [1.29, 1.82) is 0 Å². The van der Waals surface area contributed by atoms with Crippen molar-refractivity contribution in [3.63, 3.8) is 0 Å². The van der Waals surface area contributed by atoms with Crippen LogP contribution in [0, 0.1) is 0 Å². The topological polar surface area (TPSA) is 133 Å². The molecular weight excluding hydrogens is 556 g/mol. The standard InChI is InChI=1S/C36H24N2O6/c39-33(27-13-5-9-21-7-1-3-11-25(21)27)37-31-17-15-23(19-29(31)35(41)42)24-16-18-32(30(20-24)36(43)44)38-34(40)28-14-6-10-22-8-2-4-12-26(22)28/h1-20H,(H,37,39)(H,38,40)(H,41,42)(H,43,44). The third-order valence-electron chi connectivity index (χ3n) is 7.40. The van der Waals surface area contributed by atoms with Crippen molar-refractivity contribution in [2.45, 2.75) is 0 Å². The molecule has 214 valence electrons. The Hall–Kier alpha value is -6.28. The molecule has 6 rings (SSSR count). The van der Waals surface area contributed by atoms with E-state index in [1.165, 1.54) is 24.3 Å². The lowest BCUT2D eigenvalue weighted by atomic mass is 9.98. The highest BCUT2D eigenvalue weighted by atomic mass is 16.4. The van der Waals surface area contributed by atoms with Crippen molar-refractivity contribution in [1.82, 2.24) is 0 Å². The van der Waals surface area contributed by atoms with Gasteiger partial charge in [-0.1, -0.05) is 84.9 Å². The number of amides is 2. The molecule has 6 aromatic rings. The second-order valence-corrected chi connectivity index (χ2v) is 10.1. The molecule has 44 heavy (non-hydrogen) atoms. The van der Waals surface area contributed by atoms with Crippen LogP contribution >= 0.6 is 0 Å². The Balaban J connectivity index is 1.30. The average molecular weight is 581 g/mol. The summed E-state index contributed by atoms with van der Waals surface area (Å²) in [5, 5.41) is 28.6. The predicted molar refractivity (Wildman–Crippen MR) is 170 cm³/mol. The third kappa shape index (κ3) is 5.35. The fourth-order valence-corrected chi connectivity index (χ4v) is 5.25. The summed E-state index contributed by atoms with van der Waals surface area (Å²) in [5.74, 6) is -3.46. The van der Waals surface area contributed by atoms with E-state index in [4.69, 9.17) is 0 Å². The molecule has 6 aromatic carbocycles. The largest absolute Gasteiger partial charge is 0.478 e. The van der Waals surface area contributed by atoms with Crippen LogP contribution in [0.1, 0.15) is 41.4 Å². The highest BCUT2D eigenvalue weighted by Crippen LogP contribution is 2.30. The molecule has 0 aliphatic carbocycles. The number of carbonyl (C=O) groups excluding carboxylic acids is 2. The van der Waals surface area contributed by atoms with Gasteiger partial charge in [-0.3, -0.25) is 9.59 Å². The molecule has 8 heteroatoms. The highest BCUT2D eigenvalue weighted by molar-refractivity contribution is 6.16. The molecule has 0 saturated carbocycles. The monoisotopic (exact) mass is 580 g/mol. The minimum atomic E-state index is -1.27. The molecule has 0 aliphatic heterocycles. The Bertz CT molecular complexity index is 1970. The first-order valence-electron chi connectivity index (χ1n) is 13.6. The van der Waals surface area contributed by atoms with Gasteiger partial charge in [0.25, 0.3) is 11.8 Å². The van der Waals surface area contributed by atoms with Gasteiger partial charge in [0, 0.05) is 11.1 Å². The number of benzene rings is 6. The maximum absolute atomic E-state index is 13.2. The maximum Gasteiger partial charge on any atom is 0.337 e. The minimum absolute atomic E-state index is 0.0941. The zero-order chi connectivity index (χ0) is 30.8. The molecule has 0 aromatic heterocycles. The molecule has 0 atom stereocenters. The van der Waals surface area contributed by atoms with E-state index in [1.807, 2.05) is 60.7 Å². The number of nitrogens with one attached hydrogen (secondary N) is 2. The fraction of sp³-hybridized carbons (Fsp3) is 0. The Morgan fingerprint density at radius 1 is 0.432 bits per heavy atom. The molecule has 0 saturated heterocycles. The molecule has 0 radical (unpaired) electrons. The van der Waals surface area contributed by atoms with E-state index in [0.717, 1.165) is 21.5 Å². The van der Waals surface area contributed by atoms with E-state index in [-0.39, 0.29) is 22.5 Å². The van der Waals surface area contributed by atoms with Gasteiger partial charge in [-0.2, -0.15) is 0 Å². The van der Waals surface area contributed by atoms with E-state index < -0.39 is 23.8 Å². The fourth-order valence-electron chi connectivity index (χ4n) is 5.25. The summed E-state index contributed by atoms with van der Waals surface area (Å²) in [5.41, 5.74) is 1.49. The molecule has 0 aliphatic rings.